The zero-order valence-corrected chi connectivity index (χ0v) is 14.1. The Hall–Kier alpha value is -2.28. The van der Waals surface area contributed by atoms with E-state index in [1.165, 1.54) is 12.8 Å². The highest BCUT2D eigenvalue weighted by Gasteiger charge is 2.32. The predicted molar refractivity (Wildman–Crippen MR) is 89.1 cm³/mol. The van der Waals surface area contributed by atoms with E-state index in [4.69, 9.17) is 4.52 Å². The number of pyridine rings is 1. The van der Waals surface area contributed by atoms with Gasteiger partial charge in [0.2, 0.25) is 17.6 Å². The van der Waals surface area contributed by atoms with Crippen LogP contribution >= 0.6 is 0 Å². The molecule has 0 saturated heterocycles. The molecule has 128 valence electrons. The van der Waals surface area contributed by atoms with Crippen LogP contribution in [-0.2, 0) is 11.2 Å². The molecule has 1 fully saturated rings. The van der Waals surface area contributed by atoms with Crippen molar-refractivity contribution in [2.45, 2.75) is 31.7 Å². The standard InChI is InChI=1S/C17H23N5O2/c1-22(2)14(12-5-6-12)11-19-15(23)7-8-16-20-17(21-24-16)13-4-3-9-18-10-13/h3-4,9-10,12,14H,5-8,11H2,1-2H3,(H,19,23)/t14-/m1/s1. The first-order valence-corrected chi connectivity index (χ1v) is 8.29. The van der Waals surface area contributed by atoms with Gasteiger partial charge >= 0.3 is 0 Å². The number of hydrogen-bond donors (Lipinski definition) is 1. The topological polar surface area (TPSA) is 84.2 Å². The minimum Gasteiger partial charge on any atom is -0.355 e. The van der Waals surface area contributed by atoms with Crippen molar-refractivity contribution in [3.8, 4) is 11.4 Å². The Bertz CT molecular complexity index is 665. The Balaban J connectivity index is 1.45. The minimum absolute atomic E-state index is 0.0172. The van der Waals surface area contributed by atoms with Crippen molar-refractivity contribution in [2.24, 2.45) is 5.92 Å². The molecule has 1 N–H and O–H groups in total. The van der Waals surface area contributed by atoms with Crippen LogP contribution in [0.4, 0.5) is 0 Å². The molecular weight excluding hydrogens is 306 g/mol. The average Bonchev–Trinajstić information content (AvgIpc) is 3.30. The van der Waals surface area contributed by atoms with Crippen molar-refractivity contribution in [1.82, 2.24) is 25.3 Å². The Labute approximate surface area is 141 Å². The maximum absolute atomic E-state index is 12.0. The van der Waals surface area contributed by atoms with Crippen LogP contribution in [0.1, 0.15) is 25.2 Å². The molecule has 7 heteroatoms. The number of aromatic nitrogens is 3. The van der Waals surface area contributed by atoms with E-state index >= 15 is 0 Å². The van der Waals surface area contributed by atoms with Gasteiger partial charge in [-0.05, 0) is 45.0 Å². The molecule has 1 saturated carbocycles. The van der Waals surface area contributed by atoms with E-state index in [9.17, 15) is 4.79 Å². The molecule has 1 aliphatic carbocycles. The van der Waals surface area contributed by atoms with E-state index in [-0.39, 0.29) is 5.91 Å². The molecule has 24 heavy (non-hydrogen) atoms. The molecule has 2 aromatic rings. The van der Waals surface area contributed by atoms with E-state index in [1.807, 2.05) is 12.1 Å². The van der Waals surface area contributed by atoms with Gasteiger partial charge in [-0.2, -0.15) is 4.98 Å². The lowest BCUT2D eigenvalue weighted by molar-refractivity contribution is -0.121. The number of nitrogens with zero attached hydrogens (tertiary/aromatic N) is 4. The van der Waals surface area contributed by atoms with E-state index in [0.717, 1.165) is 11.5 Å². The van der Waals surface area contributed by atoms with Gasteiger partial charge in [0.25, 0.3) is 0 Å². The molecular formula is C17H23N5O2. The number of amides is 1. The quantitative estimate of drug-likeness (QED) is 0.790. The Morgan fingerprint density at radius 1 is 1.46 bits per heavy atom. The minimum atomic E-state index is 0.0172. The van der Waals surface area contributed by atoms with Gasteiger partial charge in [-0.1, -0.05) is 5.16 Å². The van der Waals surface area contributed by atoms with Crippen LogP contribution in [0.5, 0.6) is 0 Å². The molecule has 0 radical (unpaired) electrons. The number of hydrogen-bond acceptors (Lipinski definition) is 6. The summed E-state index contributed by atoms with van der Waals surface area (Å²) < 4.78 is 5.20. The lowest BCUT2D eigenvalue weighted by atomic mass is 10.1. The third-order valence-corrected chi connectivity index (χ3v) is 4.29. The first-order valence-electron chi connectivity index (χ1n) is 8.29. The summed E-state index contributed by atoms with van der Waals surface area (Å²) in [4.78, 5) is 22.6. The first-order chi connectivity index (χ1) is 11.6. The van der Waals surface area contributed by atoms with Gasteiger partial charge in [0.1, 0.15) is 0 Å². The highest BCUT2D eigenvalue weighted by atomic mass is 16.5. The van der Waals surface area contributed by atoms with Crippen molar-refractivity contribution in [2.75, 3.05) is 20.6 Å². The molecule has 1 aliphatic rings. The van der Waals surface area contributed by atoms with E-state index in [1.54, 1.807) is 12.4 Å². The highest BCUT2D eigenvalue weighted by Crippen LogP contribution is 2.34. The Kier molecular flexibility index (Phi) is 5.20. The van der Waals surface area contributed by atoms with Gasteiger partial charge in [0, 0.05) is 43.4 Å². The molecule has 2 heterocycles. The number of nitrogens with one attached hydrogen (secondary N) is 1. The monoisotopic (exact) mass is 329 g/mol. The van der Waals surface area contributed by atoms with Gasteiger partial charge < -0.3 is 14.7 Å². The zero-order chi connectivity index (χ0) is 16.9. The Morgan fingerprint density at radius 2 is 2.29 bits per heavy atom. The number of likely N-dealkylation sites (N-methyl/N-ethyl adjacent to an activating group) is 1. The van der Waals surface area contributed by atoms with Gasteiger partial charge in [0.15, 0.2) is 0 Å². The first kappa shape index (κ1) is 16.6. The van der Waals surface area contributed by atoms with Crippen LogP contribution in [0.3, 0.4) is 0 Å². The number of rotatable bonds is 8. The normalized spacial score (nSPS) is 15.5. The molecule has 0 bridgehead atoms. The van der Waals surface area contributed by atoms with Crippen molar-refractivity contribution in [3.05, 3.63) is 30.4 Å². The molecule has 3 rings (SSSR count). The van der Waals surface area contributed by atoms with Crippen molar-refractivity contribution >= 4 is 5.91 Å². The maximum Gasteiger partial charge on any atom is 0.227 e. The third-order valence-electron chi connectivity index (χ3n) is 4.29. The van der Waals surface area contributed by atoms with Gasteiger partial charge in [0.05, 0.1) is 0 Å². The molecule has 0 unspecified atom stereocenters. The van der Waals surface area contributed by atoms with Crippen LogP contribution in [-0.4, -0.2) is 52.6 Å². The molecule has 0 aromatic carbocycles. The average molecular weight is 329 g/mol. The molecule has 1 amide bonds. The van der Waals surface area contributed by atoms with E-state index < -0.39 is 0 Å². The lowest BCUT2D eigenvalue weighted by Gasteiger charge is -2.24. The van der Waals surface area contributed by atoms with Crippen LogP contribution in [0.2, 0.25) is 0 Å². The lowest BCUT2D eigenvalue weighted by Crippen LogP contribution is -2.41. The summed E-state index contributed by atoms with van der Waals surface area (Å²) >= 11 is 0. The van der Waals surface area contributed by atoms with E-state index in [2.05, 4.69) is 39.4 Å². The fraction of sp³-hybridized carbons (Fsp3) is 0.529. The molecule has 0 spiro atoms. The summed E-state index contributed by atoms with van der Waals surface area (Å²) in [5.41, 5.74) is 0.801. The van der Waals surface area contributed by atoms with Crippen molar-refractivity contribution in [1.29, 1.82) is 0 Å². The predicted octanol–water partition coefficient (Wildman–Crippen LogP) is 1.52. The summed E-state index contributed by atoms with van der Waals surface area (Å²) in [5.74, 6) is 1.71. The summed E-state index contributed by atoms with van der Waals surface area (Å²) in [5, 5.41) is 6.94. The number of carbonyl (C=O) groups is 1. The second-order valence-electron chi connectivity index (χ2n) is 6.43. The maximum atomic E-state index is 12.0. The number of aryl methyl sites for hydroxylation is 1. The third kappa shape index (κ3) is 4.38. The molecule has 7 nitrogen and oxygen atoms in total. The summed E-state index contributed by atoms with van der Waals surface area (Å²) in [6.07, 6.45) is 6.68. The fourth-order valence-corrected chi connectivity index (χ4v) is 2.75. The van der Waals surface area contributed by atoms with Crippen LogP contribution in [0.25, 0.3) is 11.4 Å². The van der Waals surface area contributed by atoms with Gasteiger partial charge in [-0.15, -0.1) is 0 Å². The SMILES string of the molecule is CN(C)[C@H](CNC(=O)CCc1nc(-c2cccnc2)no1)C1CC1. The zero-order valence-electron chi connectivity index (χ0n) is 14.1. The second-order valence-corrected chi connectivity index (χ2v) is 6.43. The molecule has 1 atom stereocenters. The Morgan fingerprint density at radius 3 is 2.96 bits per heavy atom. The van der Waals surface area contributed by atoms with Crippen LogP contribution < -0.4 is 5.32 Å². The van der Waals surface area contributed by atoms with Crippen molar-refractivity contribution in [3.63, 3.8) is 0 Å². The van der Waals surface area contributed by atoms with Gasteiger partial charge in [-0.3, -0.25) is 9.78 Å². The summed E-state index contributed by atoms with van der Waals surface area (Å²) in [6.45, 7) is 0.696. The summed E-state index contributed by atoms with van der Waals surface area (Å²) in [6, 6.07) is 4.11. The largest absolute Gasteiger partial charge is 0.355 e. The van der Waals surface area contributed by atoms with E-state index in [0.29, 0.717) is 37.1 Å². The smallest absolute Gasteiger partial charge is 0.227 e. The van der Waals surface area contributed by atoms with Crippen LogP contribution in [0.15, 0.2) is 29.0 Å². The molecule has 2 aromatic heterocycles. The summed E-state index contributed by atoms with van der Waals surface area (Å²) in [7, 11) is 4.13. The molecule has 0 aliphatic heterocycles. The van der Waals surface area contributed by atoms with Gasteiger partial charge in [-0.25, -0.2) is 0 Å². The fourth-order valence-electron chi connectivity index (χ4n) is 2.75. The highest BCUT2D eigenvalue weighted by molar-refractivity contribution is 5.76. The van der Waals surface area contributed by atoms with Crippen molar-refractivity contribution < 1.29 is 9.32 Å². The second kappa shape index (κ2) is 7.53. The van der Waals surface area contributed by atoms with Crippen LogP contribution in [0, 0.1) is 5.92 Å². The number of carbonyl (C=O) groups excluding carboxylic acids is 1.